The lowest BCUT2D eigenvalue weighted by molar-refractivity contribution is 0.624. The van der Waals surface area contributed by atoms with E-state index in [4.69, 9.17) is 4.98 Å². The number of benzene rings is 5. The van der Waals surface area contributed by atoms with Crippen molar-refractivity contribution in [2.75, 3.05) is 0 Å². The van der Waals surface area contributed by atoms with Gasteiger partial charge in [-0.1, -0.05) is 98.8 Å². The molecule has 3 heteroatoms. The van der Waals surface area contributed by atoms with Gasteiger partial charge in [0.1, 0.15) is 5.82 Å². The number of hydrogen-bond donors (Lipinski definition) is 0. The highest BCUT2D eigenvalue weighted by molar-refractivity contribution is 6.03. The number of imidazole rings is 1. The molecule has 1 aliphatic carbocycles. The van der Waals surface area contributed by atoms with E-state index >= 15 is 0 Å². The lowest BCUT2D eigenvalue weighted by Crippen LogP contribution is -2.19. The van der Waals surface area contributed by atoms with Gasteiger partial charge in [-0.3, -0.25) is 4.57 Å². The van der Waals surface area contributed by atoms with Crippen molar-refractivity contribution in [3.63, 3.8) is 0 Å². The summed E-state index contributed by atoms with van der Waals surface area (Å²) in [4.78, 5) is 5.02. The Bertz CT molecular complexity index is 2020. The monoisotopic (exact) mass is 501 g/mol. The Morgan fingerprint density at radius 3 is 1.97 bits per heavy atom. The van der Waals surface area contributed by atoms with Crippen LogP contribution >= 0.6 is 0 Å². The maximum Gasteiger partial charge on any atom is 0.145 e. The van der Waals surface area contributed by atoms with Crippen LogP contribution in [0, 0.1) is 0 Å². The van der Waals surface area contributed by atoms with Crippen molar-refractivity contribution in [3.05, 3.63) is 139 Å². The average molecular weight is 502 g/mol. The molecule has 186 valence electrons. The number of para-hydroxylation sites is 3. The quantitative estimate of drug-likeness (QED) is 0.237. The van der Waals surface area contributed by atoms with Crippen LogP contribution in [-0.2, 0) is 5.41 Å². The van der Waals surface area contributed by atoms with Crippen LogP contribution in [-0.4, -0.2) is 14.1 Å². The largest absolute Gasteiger partial charge is 0.312 e. The second-order valence-corrected chi connectivity index (χ2v) is 10.9. The summed E-state index contributed by atoms with van der Waals surface area (Å²) in [5.41, 5.74) is 12.1. The molecule has 0 saturated heterocycles. The Hall–Kier alpha value is -4.89. The van der Waals surface area contributed by atoms with E-state index < -0.39 is 0 Å². The van der Waals surface area contributed by atoms with Crippen molar-refractivity contribution in [2.24, 2.45) is 0 Å². The zero-order valence-electron chi connectivity index (χ0n) is 22.0. The molecule has 39 heavy (non-hydrogen) atoms. The molecule has 1 aliphatic rings. The van der Waals surface area contributed by atoms with Gasteiger partial charge in [-0.15, -0.1) is 0 Å². The molecule has 0 bridgehead atoms. The SMILES string of the molecule is CC1(C)c2ccccc2-c2c1n(-c1ccc(-n3c(-c4ccccc4)nc4ccccc43)cc1)c1ccccc21. The molecule has 0 radical (unpaired) electrons. The van der Waals surface area contributed by atoms with E-state index in [0.717, 1.165) is 28.1 Å². The van der Waals surface area contributed by atoms with Crippen LogP contribution in [0.3, 0.4) is 0 Å². The highest BCUT2D eigenvalue weighted by atomic mass is 15.1. The first-order valence-electron chi connectivity index (χ1n) is 13.5. The molecule has 0 aliphatic heterocycles. The smallest absolute Gasteiger partial charge is 0.145 e. The summed E-state index contributed by atoms with van der Waals surface area (Å²) in [7, 11) is 0. The minimum absolute atomic E-state index is 0.107. The van der Waals surface area contributed by atoms with E-state index in [1.165, 1.54) is 39.0 Å². The van der Waals surface area contributed by atoms with E-state index in [0.29, 0.717) is 0 Å². The molecule has 0 atom stereocenters. The number of hydrogen-bond acceptors (Lipinski definition) is 1. The fourth-order valence-corrected chi connectivity index (χ4v) is 6.57. The number of nitrogens with zero attached hydrogens (tertiary/aromatic N) is 3. The maximum atomic E-state index is 5.02. The highest BCUT2D eigenvalue weighted by Gasteiger charge is 2.40. The van der Waals surface area contributed by atoms with Crippen LogP contribution in [0.5, 0.6) is 0 Å². The van der Waals surface area contributed by atoms with E-state index in [9.17, 15) is 0 Å². The molecule has 5 aromatic carbocycles. The Kier molecular flexibility index (Phi) is 4.57. The molecular formula is C36H27N3. The van der Waals surface area contributed by atoms with Gasteiger partial charge in [0.05, 0.1) is 16.6 Å². The van der Waals surface area contributed by atoms with Crippen molar-refractivity contribution in [3.8, 4) is 33.9 Å². The van der Waals surface area contributed by atoms with Crippen molar-refractivity contribution in [1.29, 1.82) is 0 Å². The summed E-state index contributed by atoms with van der Waals surface area (Å²) in [5.74, 6) is 0.952. The molecule has 0 fully saturated rings. The summed E-state index contributed by atoms with van der Waals surface area (Å²) >= 11 is 0. The van der Waals surface area contributed by atoms with Gasteiger partial charge in [-0.2, -0.15) is 0 Å². The number of rotatable bonds is 3. The van der Waals surface area contributed by atoms with Gasteiger partial charge in [0, 0.05) is 39.0 Å². The van der Waals surface area contributed by atoms with Gasteiger partial charge in [0.15, 0.2) is 0 Å². The fraction of sp³-hybridized carbons (Fsp3) is 0.0833. The van der Waals surface area contributed by atoms with Crippen LogP contribution in [0.15, 0.2) is 127 Å². The fourth-order valence-electron chi connectivity index (χ4n) is 6.57. The summed E-state index contributed by atoms with van der Waals surface area (Å²) in [6.07, 6.45) is 0. The molecule has 2 heterocycles. The van der Waals surface area contributed by atoms with Crippen molar-refractivity contribution in [2.45, 2.75) is 19.3 Å². The summed E-state index contributed by atoms with van der Waals surface area (Å²) < 4.78 is 4.74. The third kappa shape index (κ3) is 3.07. The third-order valence-corrected chi connectivity index (χ3v) is 8.30. The molecule has 7 aromatic rings. The first kappa shape index (κ1) is 22.1. The molecular weight excluding hydrogens is 474 g/mol. The minimum Gasteiger partial charge on any atom is -0.312 e. The predicted molar refractivity (Wildman–Crippen MR) is 161 cm³/mol. The molecule has 0 amide bonds. The normalized spacial score (nSPS) is 13.6. The Morgan fingerprint density at radius 1 is 0.564 bits per heavy atom. The zero-order chi connectivity index (χ0) is 26.1. The molecule has 3 nitrogen and oxygen atoms in total. The number of aromatic nitrogens is 3. The van der Waals surface area contributed by atoms with Gasteiger partial charge >= 0.3 is 0 Å². The summed E-state index contributed by atoms with van der Waals surface area (Å²) in [6, 6.07) is 45.5. The topological polar surface area (TPSA) is 22.8 Å². The minimum atomic E-state index is -0.107. The zero-order valence-corrected chi connectivity index (χ0v) is 22.0. The van der Waals surface area contributed by atoms with Crippen LogP contribution in [0.2, 0.25) is 0 Å². The van der Waals surface area contributed by atoms with Crippen LogP contribution < -0.4 is 0 Å². The van der Waals surface area contributed by atoms with Gasteiger partial charge in [0.25, 0.3) is 0 Å². The predicted octanol–water partition coefficient (Wildman–Crippen LogP) is 8.94. The molecule has 0 unspecified atom stereocenters. The first-order chi connectivity index (χ1) is 19.1. The van der Waals surface area contributed by atoms with Gasteiger partial charge in [-0.05, 0) is 53.6 Å². The highest BCUT2D eigenvalue weighted by Crippen LogP contribution is 2.53. The lowest BCUT2D eigenvalue weighted by Gasteiger charge is -2.24. The molecule has 0 spiro atoms. The standard InChI is InChI=1S/C36H27N3/c1-36(2)29-16-8-6-14-27(29)33-28-15-7-10-18-31(28)38(34(33)36)25-20-22-26(23-21-25)39-32-19-11-9-17-30(32)37-35(39)24-12-4-3-5-13-24/h3-23H,1-2H3. The first-order valence-corrected chi connectivity index (χ1v) is 13.5. The average Bonchev–Trinajstić information content (AvgIpc) is 3.61. The van der Waals surface area contributed by atoms with Gasteiger partial charge < -0.3 is 4.57 Å². The van der Waals surface area contributed by atoms with Crippen LogP contribution in [0.25, 0.3) is 55.8 Å². The van der Waals surface area contributed by atoms with Crippen LogP contribution in [0.1, 0.15) is 25.1 Å². The lowest BCUT2D eigenvalue weighted by atomic mass is 9.85. The summed E-state index contributed by atoms with van der Waals surface area (Å²) in [5, 5.41) is 1.31. The van der Waals surface area contributed by atoms with E-state index in [2.05, 4.69) is 144 Å². The van der Waals surface area contributed by atoms with Crippen LogP contribution in [0.4, 0.5) is 0 Å². The molecule has 0 saturated carbocycles. The second kappa shape index (κ2) is 8.05. The summed E-state index contributed by atoms with van der Waals surface area (Å²) in [6.45, 7) is 4.70. The van der Waals surface area contributed by atoms with Crippen molar-refractivity contribution in [1.82, 2.24) is 14.1 Å². The van der Waals surface area contributed by atoms with Gasteiger partial charge in [-0.25, -0.2) is 4.98 Å². The van der Waals surface area contributed by atoms with E-state index in [1.807, 2.05) is 6.07 Å². The van der Waals surface area contributed by atoms with E-state index in [-0.39, 0.29) is 5.41 Å². The Labute approximate surface area is 227 Å². The van der Waals surface area contributed by atoms with E-state index in [1.54, 1.807) is 0 Å². The maximum absolute atomic E-state index is 5.02. The second-order valence-electron chi connectivity index (χ2n) is 10.9. The van der Waals surface area contributed by atoms with Crippen molar-refractivity contribution < 1.29 is 0 Å². The van der Waals surface area contributed by atoms with Crippen molar-refractivity contribution >= 4 is 21.9 Å². The Balaban J connectivity index is 1.34. The number of fused-ring (bicyclic) bond motifs is 6. The Morgan fingerprint density at radius 2 is 1.18 bits per heavy atom. The molecule has 2 aromatic heterocycles. The molecule has 8 rings (SSSR count). The molecule has 0 N–H and O–H groups in total. The third-order valence-electron chi connectivity index (χ3n) is 8.30. The van der Waals surface area contributed by atoms with Gasteiger partial charge in [0.2, 0.25) is 0 Å².